The summed E-state index contributed by atoms with van der Waals surface area (Å²) in [6.45, 7) is 5.89. The van der Waals surface area contributed by atoms with Gasteiger partial charge in [-0.3, -0.25) is 4.79 Å². The van der Waals surface area contributed by atoms with E-state index in [0.29, 0.717) is 52.1 Å². The van der Waals surface area contributed by atoms with Crippen molar-refractivity contribution in [2.75, 3.05) is 45.9 Å². The van der Waals surface area contributed by atoms with Crippen molar-refractivity contribution in [3.63, 3.8) is 0 Å². The Labute approximate surface area is 177 Å². The maximum Gasteiger partial charge on any atom is 0.410 e. The fraction of sp³-hybridized carbons (Fsp3) is 0.591. The number of morpholine rings is 1. The third-order valence-corrected chi connectivity index (χ3v) is 5.71. The van der Waals surface area contributed by atoms with E-state index in [9.17, 15) is 14.9 Å². The molecule has 1 aromatic rings. The second kappa shape index (κ2) is 10.4. The van der Waals surface area contributed by atoms with Gasteiger partial charge in [0.25, 0.3) is 5.91 Å². The number of ether oxygens (including phenoxy) is 2. The predicted octanol–water partition coefficient (Wildman–Crippen LogP) is 1.56. The van der Waals surface area contributed by atoms with E-state index in [2.05, 4.69) is 16.3 Å². The van der Waals surface area contributed by atoms with Gasteiger partial charge in [-0.2, -0.15) is 5.26 Å². The van der Waals surface area contributed by atoms with E-state index in [-0.39, 0.29) is 0 Å². The quantitative estimate of drug-likeness (QED) is 0.728. The molecule has 0 spiro atoms. The van der Waals surface area contributed by atoms with Gasteiger partial charge in [-0.1, -0.05) is 37.3 Å². The van der Waals surface area contributed by atoms with Crippen LogP contribution in [0.25, 0.3) is 0 Å². The van der Waals surface area contributed by atoms with Gasteiger partial charge in [0.15, 0.2) is 6.10 Å². The average Bonchev–Trinajstić information content (AvgIpc) is 3.21. The first-order valence-corrected chi connectivity index (χ1v) is 10.6. The molecule has 0 aromatic heterocycles. The van der Waals surface area contributed by atoms with Crippen molar-refractivity contribution in [1.29, 1.82) is 5.26 Å². The minimum absolute atomic E-state index is 0.352. The third-order valence-electron chi connectivity index (χ3n) is 5.71. The van der Waals surface area contributed by atoms with Gasteiger partial charge in [-0.25, -0.2) is 4.79 Å². The van der Waals surface area contributed by atoms with Crippen LogP contribution in [0.2, 0.25) is 0 Å². The topological polar surface area (TPSA) is 94.9 Å². The van der Waals surface area contributed by atoms with Crippen molar-refractivity contribution in [2.45, 2.75) is 37.8 Å². The number of likely N-dealkylation sites (tertiary alicyclic amines) is 1. The van der Waals surface area contributed by atoms with Gasteiger partial charge in [-0.15, -0.1) is 0 Å². The predicted molar refractivity (Wildman–Crippen MR) is 111 cm³/mol. The van der Waals surface area contributed by atoms with Crippen LogP contribution in [0.4, 0.5) is 4.79 Å². The summed E-state index contributed by atoms with van der Waals surface area (Å²) in [4.78, 5) is 29.4. The highest BCUT2D eigenvalue weighted by Crippen LogP contribution is 2.21. The van der Waals surface area contributed by atoms with E-state index in [1.165, 1.54) is 0 Å². The van der Waals surface area contributed by atoms with Gasteiger partial charge in [-0.05, 0) is 31.4 Å². The molecule has 8 heteroatoms. The van der Waals surface area contributed by atoms with Crippen LogP contribution in [0, 0.1) is 11.3 Å². The van der Waals surface area contributed by atoms with Crippen LogP contribution in [-0.2, 0) is 20.7 Å². The maximum atomic E-state index is 13.1. The molecule has 2 atom stereocenters. The first-order chi connectivity index (χ1) is 14.5. The molecule has 0 radical (unpaired) electrons. The number of amides is 2. The van der Waals surface area contributed by atoms with E-state index in [4.69, 9.17) is 9.47 Å². The van der Waals surface area contributed by atoms with Crippen LogP contribution in [0.1, 0.15) is 25.3 Å². The molecule has 2 aliphatic heterocycles. The third kappa shape index (κ3) is 5.71. The number of nitriles is 1. The molecule has 162 valence electrons. The number of carbonyl (C=O) groups is 2. The normalized spacial score (nSPS) is 22.9. The summed E-state index contributed by atoms with van der Waals surface area (Å²) in [6.07, 6.45) is 0.0350. The molecule has 0 bridgehead atoms. The minimum atomic E-state index is -0.957. The minimum Gasteiger partial charge on any atom is -0.436 e. The molecule has 2 amide bonds. The Morgan fingerprint density at radius 1 is 1.27 bits per heavy atom. The number of hydrogen-bond donors (Lipinski definition) is 1. The van der Waals surface area contributed by atoms with Crippen LogP contribution < -0.4 is 5.32 Å². The lowest BCUT2D eigenvalue weighted by Gasteiger charge is -2.30. The molecule has 30 heavy (non-hydrogen) atoms. The molecule has 0 aliphatic carbocycles. The maximum absolute atomic E-state index is 13.1. The molecule has 1 aromatic carbocycles. The molecule has 2 saturated heterocycles. The summed E-state index contributed by atoms with van der Waals surface area (Å²) in [5.74, 6) is -0.410. The number of carbonyl (C=O) groups excluding carboxylic acids is 2. The SMILES string of the molecule is CCN1CCC(C#N)(NC(=O)C(CCc2ccccc2)OC(=O)N2CCOCC2)C1. The van der Waals surface area contributed by atoms with Gasteiger partial charge in [0.05, 0.1) is 19.3 Å². The second-order valence-corrected chi connectivity index (χ2v) is 7.80. The number of likely N-dealkylation sites (N-methyl/N-ethyl adjacent to an activating group) is 1. The summed E-state index contributed by atoms with van der Waals surface area (Å²) >= 11 is 0. The molecular weight excluding hydrogens is 384 g/mol. The molecule has 2 fully saturated rings. The van der Waals surface area contributed by atoms with Crippen LogP contribution in [-0.4, -0.2) is 79.4 Å². The van der Waals surface area contributed by atoms with E-state index >= 15 is 0 Å². The van der Waals surface area contributed by atoms with Crippen molar-refractivity contribution in [3.8, 4) is 6.07 Å². The zero-order chi connectivity index (χ0) is 21.4. The smallest absolute Gasteiger partial charge is 0.410 e. The first kappa shape index (κ1) is 22.1. The van der Waals surface area contributed by atoms with E-state index in [1.54, 1.807) is 4.90 Å². The first-order valence-electron chi connectivity index (χ1n) is 10.6. The lowest BCUT2D eigenvalue weighted by atomic mass is 9.99. The Hall–Kier alpha value is -2.63. The number of nitrogens with zero attached hydrogens (tertiary/aromatic N) is 3. The van der Waals surface area contributed by atoms with Crippen molar-refractivity contribution in [3.05, 3.63) is 35.9 Å². The van der Waals surface area contributed by atoms with Gasteiger partial charge in [0.1, 0.15) is 5.54 Å². The van der Waals surface area contributed by atoms with Crippen LogP contribution in [0.15, 0.2) is 30.3 Å². The summed E-state index contributed by atoms with van der Waals surface area (Å²) in [5.41, 5.74) is 0.120. The van der Waals surface area contributed by atoms with Crippen LogP contribution >= 0.6 is 0 Å². The summed E-state index contributed by atoms with van der Waals surface area (Å²) < 4.78 is 10.9. The van der Waals surface area contributed by atoms with Crippen molar-refractivity contribution < 1.29 is 19.1 Å². The largest absolute Gasteiger partial charge is 0.436 e. The average molecular weight is 415 g/mol. The number of rotatable bonds is 7. The van der Waals surface area contributed by atoms with Crippen LogP contribution in [0.3, 0.4) is 0 Å². The molecular formula is C22H30N4O4. The highest BCUT2D eigenvalue weighted by molar-refractivity contribution is 5.84. The van der Waals surface area contributed by atoms with E-state index < -0.39 is 23.6 Å². The van der Waals surface area contributed by atoms with E-state index in [0.717, 1.165) is 18.7 Å². The fourth-order valence-electron chi connectivity index (χ4n) is 3.82. The Bertz CT molecular complexity index is 760. The van der Waals surface area contributed by atoms with Crippen molar-refractivity contribution in [1.82, 2.24) is 15.1 Å². The Kier molecular flexibility index (Phi) is 7.66. The molecule has 0 saturated carbocycles. The van der Waals surface area contributed by atoms with Crippen LogP contribution in [0.5, 0.6) is 0 Å². The monoisotopic (exact) mass is 414 g/mol. The number of aryl methyl sites for hydroxylation is 1. The standard InChI is InChI=1S/C22H30N4O4/c1-2-25-11-10-22(16-23,17-25)24-20(27)19(9-8-18-6-4-3-5-7-18)30-21(28)26-12-14-29-15-13-26/h3-7,19H,2,8-15,17H2,1H3,(H,24,27). The van der Waals surface area contributed by atoms with Crippen molar-refractivity contribution >= 4 is 12.0 Å². The van der Waals surface area contributed by atoms with Gasteiger partial charge in [0.2, 0.25) is 0 Å². The fourth-order valence-corrected chi connectivity index (χ4v) is 3.82. The molecule has 3 rings (SSSR count). The Morgan fingerprint density at radius 2 is 2.00 bits per heavy atom. The second-order valence-electron chi connectivity index (χ2n) is 7.80. The van der Waals surface area contributed by atoms with Crippen molar-refractivity contribution in [2.24, 2.45) is 0 Å². The molecule has 2 heterocycles. The summed E-state index contributed by atoms with van der Waals surface area (Å²) in [6, 6.07) is 12.0. The zero-order valence-corrected chi connectivity index (χ0v) is 17.5. The highest BCUT2D eigenvalue weighted by Gasteiger charge is 2.41. The molecule has 8 nitrogen and oxygen atoms in total. The number of benzene rings is 1. The lowest BCUT2D eigenvalue weighted by Crippen LogP contribution is -2.54. The molecule has 2 unspecified atom stereocenters. The number of hydrogen-bond acceptors (Lipinski definition) is 6. The van der Waals surface area contributed by atoms with E-state index in [1.807, 2.05) is 37.3 Å². The highest BCUT2D eigenvalue weighted by atomic mass is 16.6. The lowest BCUT2D eigenvalue weighted by molar-refractivity contribution is -0.132. The van der Waals surface area contributed by atoms with Gasteiger partial charge in [0, 0.05) is 26.2 Å². The molecule has 2 aliphatic rings. The summed E-state index contributed by atoms with van der Waals surface area (Å²) in [7, 11) is 0. The number of nitrogens with one attached hydrogen (secondary N) is 1. The molecule has 1 N–H and O–H groups in total. The Balaban J connectivity index is 1.67. The summed E-state index contributed by atoms with van der Waals surface area (Å²) in [5, 5.41) is 12.6. The van der Waals surface area contributed by atoms with Gasteiger partial charge >= 0.3 is 6.09 Å². The zero-order valence-electron chi connectivity index (χ0n) is 17.5. The Morgan fingerprint density at radius 3 is 2.63 bits per heavy atom. The van der Waals surface area contributed by atoms with Gasteiger partial charge < -0.3 is 24.6 Å².